The number of hydrogen-bond acceptors (Lipinski definition) is 5. The first-order valence-corrected chi connectivity index (χ1v) is 10.2. The summed E-state index contributed by atoms with van der Waals surface area (Å²) in [4.78, 5) is 36.0. The van der Waals surface area contributed by atoms with Crippen LogP contribution in [0.5, 0.6) is 0 Å². The van der Waals surface area contributed by atoms with Crippen LogP contribution < -0.4 is 16.0 Å². The van der Waals surface area contributed by atoms with E-state index in [0.29, 0.717) is 5.69 Å². The van der Waals surface area contributed by atoms with E-state index in [1.807, 2.05) is 12.1 Å². The molecule has 8 heteroatoms. The molecule has 0 spiro atoms. The third-order valence-electron chi connectivity index (χ3n) is 5.05. The summed E-state index contributed by atoms with van der Waals surface area (Å²) < 4.78 is 0. The fourth-order valence-corrected chi connectivity index (χ4v) is 3.32. The number of hydrogen-bond donors (Lipinski definition) is 5. The Kier molecular flexibility index (Phi) is 7.86. The molecule has 1 aromatic rings. The molecule has 0 aliphatic heterocycles. The summed E-state index contributed by atoms with van der Waals surface area (Å²) in [5.41, 5.74) is 0.952. The van der Waals surface area contributed by atoms with Crippen LogP contribution in [0, 0.1) is 0 Å². The Morgan fingerprint density at radius 3 is 2.10 bits per heavy atom. The Bertz CT molecular complexity index is 803. The molecule has 1 aromatic carbocycles. The van der Waals surface area contributed by atoms with Crippen LogP contribution in [0.2, 0.25) is 0 Å². The van der Waals surface area contributed by atoms with Gasteiger partial charge in [0, 0.05) is 11.7 Å². The highest BCUT2D eigenvalue weighted by atomic mass is 16.4. The minimum Gasteiger partial charge on any atom is -0.494 e. The maximum Gasteiger partial charge on any atom is 0.322 e. The number of carbonyl (C=O) groups is 3. The number of carboxylic acids is 1. The summed E-state index contributed by atoms with van der Waals surface area (Å²) in [5, 5.41) is 26.9. The molecule has 2 amide bonds. The third-order valence-corrected chi connectivity index (χ3v) is 5.05. The van der Waals surface area contributed by atoms with E-state index in [9.17, 15) is 19.5 Å². The molecule has 8 nitrogen and oxygen atoms in total. The van der Waals surface area contributed by atoms with Crippen LogP contribution >= 0.6 is 0 Å². The van der Waals surface area contributed by atoms with Crippen molar-refractivity contribution in [3.63, 3.8) is 0 Å². The predicted molar refractivity (Wildman–Crippen MR) is 114 cm³/mol. The average Bonchev–Trinajstić information content (AvgIpc) is 2.67. The quantitative estimate of drug-likeness (QED) is 0.201. The molecule has 30 heavy (non-hydrogen) atoms. The normalized spacial score (nSPS) is 15.7. The fraction of sp³-hybridized carbons (Fsp3) is 0.500. The van der Waals surface area contributed by atoms with E-state index in [1.54, 1.807) is 12.1 Å². The van der Waals surface area contributed by atoms with Crippen LogP contribution in [0.4, 0.5) is 5.69 Å². The molecule has 5 N–H and O–H groups in total. The van der Waals surface area contributed by atoms with Crippen LogP contribution in [0.15, 0.2) is 35.7 Å². The van der Waals surface area contributed by atoms with Gasteiger partial charge < -0.3 is 26.2 Å². The van der Waals surface area contributed by atoms with Gasteiger partial charge in [-0.25, -0.2) is 0 Å². The summed E-state index contributed by atoms with van der Waals surface area (Å²) in [6.45, 7) is 5.56. The fourth-order valence-electron chi connectivity index (χ4n) is 3.32. The Hall–Kier alpha value is -3.03. The van der Waals surface area contributed by atoms with Crippen LogP contribution in [-0.4, -0.2) is 40.6 Å². The molecule has 0 bridgehead atoms. The summed E-state index contributed by atoms with van der Waals surface area (Å²) in [6.07, 6.45) is 4.75. The number of nitrogens with one attached hydrogen (secondary N) is 3. The van der Waals surface area contributed by atoms with Crippen molar-refractivity contribution in [2.45, 2.75) is 64.3 Å². The van der Waals surface area contributed by atoms with Gasteiger partial charge in [0.15, 0.2) is 5.57 Å². The standard InChI is InChI=1S/C22H31N3O5/c1-22(2,3)14-9-11-16(12-10-14)25-21(30)18(19(28)23-13-17(26)27)20(29)24-15-7-5-4-6-8-15/h9-12,15,24,29H,4-8,13H2,1-3H3,(H,23,28)(H,25,30)(H,26,27)/b20-18+. The van der Waals surface area contributed by atoms with Crippen LogP contribution in [0.1, 0.15) is 58.4 Å². The molecule has 0 radical (unpaired) electrons. The van der Waals surface area contributed by atoms with E-state index in [-0.39, 0.29) is 11.5 Å². The van der Waals surface area contributed by atoms with Crippen molar-refractivity contribution in [1.29, 1.82) is 0 Å². The zero-order valence-electron chi connectivity index (χ0n) is 17.7. The van der Waals surface area contributed by atoms with Gasteiger partial charge in [-0.05, 0) is 36.0 Å². The lowest BCUT2D eigenvalue weighted by atomic mass is 9.87. The topological polar surface area (TPSA) is 128 Å². The number of aliphatic carboxylic acids is 1. The highest BCUT2D eigenvalue weighted by Gasteiger charge is 2.26. The van der Waals surface area contributed by atoms with Crippen molar-refractivity contribution in [1.82, 2.24) is 10.6 Å². The van der Waals surface area contributed by atoms with Crippen molar-refractivity contribution in [2.24, 2.45) is 0 Å². The monoisotopic (exact) mass is 417 g/mol. The Morgan fingerprint density at radius 1 is 0.967 bits per heavy atom. The molecule has 0 heterocycles. The van der Waals surface area contributed by atoms with E-state index in [0.717, 1.165) is 37.7 Å². The molecule has 0 aromatic heterocycles. The average molecular weight is 418 g/mol. The Balaban J connectivity index is 2.21. The number of anilines is 1. The van der Waals surface area contributed by atoms with E-state index in [4.69, 9.17) is 5.11 Å². The Morgan fingerprint density at radius 2 is 1.57 bits per heavy atom. The van der Waals surface area contributed by atoms with Crippen LogP contribution in [0.25, 0.3) is 0 Å². The molecule has 2 rings (SSSR count). The van der Waals surface area contributed by atoms with Crippen molar-refractivity contribution in [3.8, 4) is 0 Å². The van der Waals surface area contributed by atoms with E-state index in [1.165, 1.54) is 0 Å². The lowest BCUT2D eigenvalue weighted by Crippen LogP contribution is -2.39. The lowest BCUT2D eigenvalue weighted by molar-refractivity contribution is -0.137. The second-order valence-electron chi connectivity index (χ2n) is 8.56. The van der Waals surface area contributed by atoms with Gasteiger partial charge in [-0.2, -0.15) is 0 Å². The van der Waals surface area contributed by atoms with Crippen molar-refractivity contribution < 1.29 is 24.6 Å². The second kappa shape index (κ2) is 10.1. The van der Waals surface area contributed by atoms with Crippen molar-refractivity contribution in [2.75, 3.05) is 11.9 Å². The number of amides is 2. The SMILES string of the molecule is CC(C)(C)c1ccc(NC(=O)/C(C(=O)NCC(=O)O)=C(/O)NC2CCCCC2)cc1. The van der Waals surface area contributed by atoms with Gasteiger partial charge in [0.05, 0.1) is 0 Å². The largest absolute Gasteiger partial charge is 0.494 e. The van der Waals surface area contributed by atoms with Gasteiger partial charge in [0.1, 0.15) is 6.54 Å². The van der Waals surface area contributed by atoms with Gasteiger partial charge in [-0.15, -0.1) is 0 Å². The van der Waals surface area contributed by atoms with Gasteiger partial charge in [0.25, 0.3) is 11.8 Å². The van der Waals surface area contributed by atoms with Gasteiger partial charge in [-0.3, -0.25) is 14.4 Å². The summed E-state index contributed by atoms with van der Waals surface area (Å²) in [7, 11) is 0. The molecular formula is C22H31N3O5. The minimum absolute atomic E-state index is 0.0418. The van der Waals surface area contributed by atoms with E-state index < -0.39 is 35.8 Å². The zero-order chi connectivity index (χ0) is 22.3. The van der Waals surface area contributed by atoms with Crippen LogP contribution in [0.3, 0.4) is 0 Å². The molecule has 0 atom stereocenters. The van der Waals surface area contributed by atoms with Crippen molar-refractivity contribution >= 4 is 23.5 Å². The molecular weight excluding hydrogens is 386 g/mol. The van der Waals surface area contributed by atoms with E-state index >= 15 is 0 Å². The molecule has 1 saturated carbocycles. The number of aliphatic hydroxyl groups is 1. The van der Waals surface area contributed by atoms with Crippen LogP contribution in [-0.2, 0) is 19.8 Å². The first kappa shape index (κ1) is 23.3. The minimum atomic E-state index is -1.25. The Labute approximate surface area is 176 Å². The highest BCUT2D eigenvalue weighted by Crippen LogP contribution is 2.24. The first-order chi connectivity index (χ1) is 14.1. The molecule has 1 aliphatic rings. The first-order valence-electron chi connectivity index (χ1n) is 10.2. The van der Waals surface area contributed by atoms with Gasteiger partial charge in [-0.1, -0.05) is 52.2 Å². The van der Waals surface area contributed by atoms with E-state index in [2.05, 4.69) is 36.7 Å². The predicted octanol–water partition coefficient (Wildman–Crippen LogP) is 2.82. The molecule has 0 saturated heterocycles. The number of benzene rings is 1. The summed E-state index contributed by atoms with van der Waals surface area (Å²) in [5.74, 6) is -3.57. The number of aliphatic hydroxyl groups excluding tert-OH is 1. The second-order valence-corrected chi connectivity index (χ2v) is 8.56. The maximum atomic E-state index is 12.8. The lowest BCUT2D eigenvalue weighted by Gasteiger charge is -2.24. The smallest absolute Gasteiger partial charge is 0.322 e. The number of rotatable bonds is 7. The summed E-state index contributed by atoms with van der Waals surface area (Å²) >= 11 is 0. The molecule has 1 aliphatic carbocycles. The van der Waals surface area contributed by atoms with Gasteiger partial charge >= 0.3 is 5.97 Å². The zero-order valence-corrected chi connectivity index (χ0v) is 17.7. The number of carboxylic acid groups (broad SMARTS) is 1. The highest BCUT2D eigenvalue weighted by molar-refractivity contribution is 6.23. The number of carbonyl (C=O) groups excluding carboxylic acids is 2. The molecule has 164 valence electrons. The maximum absolute atomic E-state index is 12.8. The molecule has 0 unspecified atom stereocenters. The summed E-state index contributed by atoms with van der Waals surface area (Å²) in [6, 6.07) is 7.15. The molecule has 1 fully saturated rings. The van der Waals surface area contributed by atoms with Crippen molar-refractivity contribution in [3.05, 3.63) is 41.3 Å². The third kappa shape index (κ3) is 6.79. The van der Waals surface area contributed by atoms with Gasteiger partial charge in [0.2, 0.25) is 5.88 Å².